The highest BCUT2D eigenvalue weighted by atomic mass is 16.5. The molecule has 0 radical (unpaired) electrons. The van der Waals surface area contributed by atoms with Crippen LogP contribution in [0.1, 0.15) is 26.2 Å². The second-order valence-corrected chi connectivity index (χ2v) is 4.65. The van der Waals surface area contributed by atoms with E-state index in [-0.39, 0.29) is 18.1 Å². The van der Waals surface area contributed by atoms with Gasteiger partial charge in [-0.3, -0.25) is 9.59 Å². The summed E-state index contributed by atoms with van der Waals surface area (Å²) < 4.78 is 4.48. The normalized spacial score (nSPS) is 39.0. The largest absolute Gasteiger partial charge is 0.469 e. The smallest absolute Gasteiger partial charge is 0.313 e. The van der Waals surface area contributed by atoms with Crippen LogP contribution in [0.3, 0.4) is 0 Å². The van der Waals surface area contributed by atoms with E-state index in [4.69, 9.17) is 0 Å². The zero-order valence-electron chi connectivity index (χ0n) is 8.66. The maximum absolute atomic E-state index is 11.6. The number of Topliss-reactive ketones (excluding diaryl/α,β-unsaturated/α-hetero) is 1. The lowest BCUT2D eigenvalue weighted by molar-refractivity contribution is -0.143. The summed E-state index contributed by atoms with van der Waals surface area (Å²) in [4.78, 5) is 22.5. The number of hydrogen-bond donors (Lipinski definition) is 0. The summed E-state index contributed by atoms with van der Waals surface area (Å²) in [6.45, 7) is 2.23. The SMILES string of the molecule is COC(=O)CC(=O)C1[C@H]2CC(C)C[C@@H]12. The highest BCUT2D eigenvalue weighted by Crippen LogP contribution is 2.60. The third-order valence-electron chi connectivity index (χ3n) is 3.60. The van der Waals surface area contributed by atoms with Crippen LogP contribution < -0.4 is 0 Å². The molecule has 2 aliphatic rings. The van der Waals surface area contributed by atoms with Gasteiger partial charge in [0.1, 0.15) is 12.2 Å². The molecule has 3 heteroatoms. The van der Waals surface area contributed by atoms with Crippen LogP contribution in [-0.2, 0) is 14.3 Å². The van der Waals surface area contributed by atoms with Gasteiger partial charge >= 0.3 is 5.97 Å². The van der Waals surface area contributed by atoms with E-state index in [2.05, 4.69) is 11.7 Å². The summed E-state index contributed by atoms with van der Waals surface area (Å²) in [5, 5.41) is 0. The van der Waals surface area contributed by atoms with Crippen LogP contribution in [0.5, 0.6) is 0 Å². The fraction of sp³-hybridized carbons (Fsp3) is 0.818. The number of rotatable bonds is 3. The molecule has 0 bridgehead atoms. The lowest BCUT2D eigenvalue weighted by atomic mass is 9.99. The molecule has 0 amide bonds. The van der Waals surface area contributed by atoms with E-state index in [0.29, 0.717) is 11.8 Å². The minimum Gasteiger partial charge on any atom is -0.469 e. The van der Waals surface area contributed by atoms with Crippen LogP contribution in [0.25, 0.3) is 0 Å². The fourth-order valence-electron chi connectivity index (χ4n) is 2.92. The third kappa shape index (κ3) is 1.56. The number of carbonyl (C=O) groups is 2. The first-order chi connectivity index (χ1) is 6.63. The first-order valence-corrected chi connectivity index (χ1v) is 5.23. The first-order valence-electron chi connectivity index (χ1n) is 5.23. The van der Waals surface area contributed by atoms with Crippen molar-refractivity contribution in [1.82, 2.24) is 0 Å². The topological polar surface area (TPSA) is 43.4 Å². The molecule has 2 saturated carbocycles. The van der Waals surface area contributed by atoms with Gasteiger partial charge in [-0.2, -0.15) is 0 Å². The Morgan fingerprint density at radius 1 is 1.29 bits per heavy atom. The quantitative estimate of drug-likeness (QED) is 0.506. The van der Waals surface area contributed by atoms with Crippen LogP contribution in [-0.4, -0.2) is 18.9 Å². The maximum Gasteiger partial charge on any atom is 0.313 e. The highest BCUT2D eigenvalue weighted by molar-refractivity contribution is 5.98. The average molecular weight is 196 g/mol. The molecule has 2 unspecified atom stereocenters. The van der Waals surface area contributed by atoms with Gasteiger partial charge in [0, 0.05) is 5.92 Å². The maximum atomic E-state index is 11.6. The Bertz CT molecular complexity index is 260. The first kappa shape index (κ1) is 9.69. The molecule has 3 nitrogen and oxygen atoms in total. The molecular weight excluding hydrogens is 180 g/mol. The molecule has 14 heavy (non-hydrogen) atoms. The monoisotopic (exact) mass is 196 g/mol. The Labute approximate surface area is 83.8 Å². The molecule has 0 heterocycles. The highest BCUT2D eigenvalue weighted by Gasteiger charge is 2.58. The Hall–Kier alpha value is -0.860. The number of hydrogen-bond acceptors (Lipinski definition) is 3. The molecular formula is C11H16O3. The summed E-state index contributed by atoms with van der Waals surface area (Å²) >= 11 is 0. The lowest BCUT2D eigenvalue weighted by Crippen LogP contribution is -2.14. The predicted octanol–water partition coefficient (Wildman–Crippen LogP) is 1.41. The van der Waals surface area contributed by atoms with Crippen molar-refractivity contribution in [1.29, 1.82) is 0 Å². The molecule has 0 saturated heterocycles. The number of fused-ring (bicyclic) bond motifs is 1. The van der Waals surface area contributed by atoms with Gasteiger partial charge in [0.05, 0.1) is 7.11 Å². The molecule has 0 spiro atoms. The molecule has 2 fully saturated rings. The summed E-state index contributed by atoms with van der Waals surface area (Å²) in [5.41, 5.74) is 0. The van der Waals surface area contributed by atoms with E-state index < -0.39 is 5.97 Å². The summed E-state index contributed by atoms with van der Waals surface area (Å²) in [6.07, 6.45) is 2.31. The minimum atomic E-state index is -0.395. The number of esters is 1. The van der Waals surface area contributed by atoms with E-state index in [0.717, 1.165) is 5.92 Å². The van der Waals surface area contributed by atoms with Crippen molar-refractivity contribution in [2.45, 2.75) is 26.2 Å². The zero-order chi connectivity index (χ0) is 10.3. The molecule has 2 rings (SSSR count). The molecule has 0 aromatic heterocycles. The van der Waals surface area contributed by atoms with E-state index in [1.807, 2.05) is 0 Å². The van der Waals surface area contributed by atoms with E-state index in [9.17, 15) is 9.59 Å². The number of methoxy groups -OCH3 is 1. The molecule has 78 valence electrons. The average Bonchev–Trinajstić information content (AvgIpc) is 2.65. The van der Waals surface area contributed by atoms with E-state index >= 15 is 0 Å². The predicted molar refractivity (Wildman–Crippen MR) is 50.5 cm³/mol. The third-order valence-corrected chi connectivity index (χ3v) is 3.60. The van der Waals surface area contributed by atoms with Gasteiger partial charge in [-0.25, -0.2) is 0 Å². The van der Waals surface area contributed by atoms with Gasteiger partial charge in [0.25, 0.3) is 0 Å². The van der Waals surface area contributed by atoms with Crippen molar-refractivity contribution in [3.8, 4) is 0 Å². The second kappa shape index (κ2) is 3.37. The molecule has 0 aromatic rings. The van der Waals surface area contributed by atoms with Gasteiger partial charge < -0.3 is 4.74 Å². The van der Waals surface area contributed by atoms with Crippen LogP contribution >= 0.6 is 0 Å². The summed E-state index contributed by atoms with van der Waals surface area (Å²) in [5.74, 6) is 1.83. The van der Waals surface area contributed by atoms with Crippen LogP contribution in [0.4, 0.5) is 0 Å². The van der Waals surface area contributed by atoms with Gasteiger partial charge in [-0.1, -0.05) is 6.92 Å². The molecule has 0 N–H and O–H groups in total. The molecule has 0 aliphatic heterocycles. The van der Waals surface area contributed by atoms with Crippen molar-refractivity contribution in [2.75, 3.05) is 7.11 Å². The van der Waals surface area contributed by atoms with Crippen LogP contribution in [0.15, 0.2) is 0 Å². The van der Waals surface area contributed by atoms with Crippen LogP contribution in [0.2, 0.25) is 0 Å². The van der Waals surface area contributed by atoms with Gasteiger partial charge in [-0.05, 0) is 30.6 Å². The standard InChI is InChI=1S/C11H16O3/c1-6-3-7-8(4-6)11(7)9(12)5-10(13)14-2/h6-8,11H,3-5H2,1-2H3/t6?,7-,8+,11?. The number of ketones is 1. The fourth-order valence-corrected chi connectivity index (χ4v) is 2.92. The lowest BCUT2D eigenvalue weighted by Gasteiger charge is -2.06. The van der Waals surface area contributed by atoms with Crippen molar-refractivity contribution >= 4 is 11.8 Å². The van der Waals surface area contributed by atoms with Gasteiger partial charge in [-0.15, -0.1) is 0 Å². The van der Waals surface area contributed by atoms with Crippen LogP contribution in [0, 0.1) is 23.7 Å². The number of ether oxygens (including phenoxy) is 1. The Morgan fingerprint density at radius 3 is 2.36 bits per heavy atom. The van der Waals surface area contributed by atoms with Crippen molar-refractivity contribution < 1.29 is 14.3 Å². The number of carbonyl (C=O) groups excluding carboxylic acids is 2. The van der Waals surface area contributed by atoms with Gasteiger partial charge in [0.2, 0.25) is 0 Å². The second-order valence-electron chi connectivity index (χ2n) is 4.65. The molecule has 0 aromatic carbocycles. The Morgan fingerprint density at radius 2 is 1.86 bits per heavy atom. The summed E-state index contributed by atoms with van der Waals surface area (Å²) in [7, 11) is 1.32. The zero-order valence-corrected chi connectivity index (χ0v) is 8.66. The summed E-state index contributed by atoms with van der Waals surface area (Å²) in [6, 6.07) is 0. The Balaban J connectivity index is 1.83. The van der Waals surface area contributed by atoms with E-state index in [1.54, 1.807) is 0 Å². The van der Waals surface area contributed by atoms with Crippen molar-refractivity contribution in [3.05, 3.63) is 0 Å². The van der Waals surface area contributed by atoms with Crippen molar-refractivity contribution in [3.63, 3.8) is 0 Å². The van der Waals surface area contributed by atoms with Crippen molar-refractivity contribution in [2.24, 2.45) is 23.7 Å². The molecule has 4 atom stereocenters. The van der Waals surface area contributed by atoms with Gasteiger partial charge in [0.15, 0.2) is 0 Å². The van der Waals surface area contributed by atoms with E-state index in [1.165, 1.54) is 20.0 Å². The Kier molecular flexibility index (Phi) is 2.33. The molecule has 2 aliphatic carbocycles. The minimum absolute atomic E-state index is 0.0253.